The molecule has 1 heterocycles. The second kappa shape index (κ2) is 5.07. The van der Waals surface area contributed by atoms with Crippen molar-refractivity contribution in [2.45, 2.75) is 6.54 Å². The van der Waals surface area contributed by atoms with Crippen LogP contribution in [-0.4, -0.2) is 14.5 Å². The average Bonchev–Trinajstić information content (AvgIpc) is 2.36. The van der Waals surface area contributed by atoms with Crippen molar-refractivity contribution < 1.29 is 4.92 Å². The standard InChI is InChI=1S/C11H9ClN4O3/c12-9-2-1-7(3-10(9)13)5-15-6-8(16(18)19)4-14-11(15)17/h1-4,6H,5,13H2. The first-order valence-electron chi connectivity index (χ1n) is 5.22. The fraction of sp³-hybridized carbons (Fsp3) is 0.0909. The second-order valence-corrected chi connectivity index (χ2v) is 4.24. The first kappa shape index (κ1) is 13.0. The Morgan fingerprint density at radius 1 is 1.47 bits per heavy atom. The Balaban J connectivity index is 2.37. The Morgan fingerprint density at radius 2 is 2.21 bits per heavy atom. The number of aromatic nitrogens is 2. The molecule has 1 aromatic heterocycles. The largest absolute Gasteiger partial charge is 0.398 e. The number of nitrogens with two attached hydrogens (primary N) is 1. The molecule has 0 bridgehead atoms. The van der Waals surface area contributed by atoms with Crippen molar-refractivity contribution in [2.75, 3.05) is 5.73 Å². The molecule has 2 rings (SSSR count). The average molecular weight is 281 g/mol. The maximum Gasteiger partial charge on any atom is 0.348 e. The third-order valence-electron chi connectivity index (χ3n) is 2.47. The monoisotopic (exact) mass is 280 g/mol. The predicted octanol–water partition coefficient (Wildman–Crippen LogP) is 1.44. The Kier molecular flexibility index (Phi) is 3.48. The number of hydrogen-bond donors (Lipinski definition) is 1. The lowest BCUT2D eigenvalue weighted by Crippen LogP contribution is -2.23. The van der Waals surface area contributed by atoms with E-state index in [-0.39, 0.29) is 12.2 Å². The van der Waals surface area contributed by atoms with Crippen LogP contribution >= 0.6 is 11.6 Å². The van der Waals surface area contributed by atoms with Gasteiger partial charge in [-0.2, -0.15) is 4.98 Å². The van der Waals surface area contributed by atoms with E-state index in [2.05, 4.69) is 4.98 Å². The van der Waals surface area contributed by atoms with E-state index in [0.717, 1.165) is 17.0 Å². The number of nitrogens with zero attached hydrogens (tertiary/aromatic N) is 3. The molecule has 0 amide bonds. The Bertz CT molecular complexity index is 699. The van der Waals surface area contributed by atoms with Gasteiger partial charge in [-0.3, -0.25) is 14.7 Å². The van der Waals surface area contributed by atoms with Crippen molar-refractivity contribution in [1.29, 1.82) is 0 Å². The van der Waals surface area contributed by atoms with Gasteiger partial charge in [0.15, 0.2) is 0 Å². The molecule has 0 radical (unpaired) electrons. The summed E-state index contributed by atoms with van der Waals surface area (Å²) in [5, 5.41) is 11.0. The molecule has 2 N–H and O–H groups in total. The quantitative estimate of drug-likeness (QED) is 0.520. The molecule has 0 fully saturated rings. The highest BCUT2D eigenvalue weighted by atomic mass is 35.5. The van der Waals surface area contributed by atoms with Crippen molar-refractivity contribution in [3.63, 3.8) is 0 Å². The lowest BCUT2D eigenvalue weighted by atomic mass is 10.2. The molecule has 0 aliphatic heterocycles. The molecular weight excluding hydrogens is 272 g/mol. The smallest absolute Gasteiger partial charge is 0.348 e. The van der Waals surface area contributed by atoms with Crippen LogP contribution in [-0.2, 0) is 6.54 Å². The highest BCUT2D eigenvalue weighted by molar-refractivity contribution is 6.33. The van der Waals surface area contributed by atoms with Gasteiger partial charge >= 0.3 is 11.4 Å². The summed E-state index contributed by atoms with van der Waals surface area (Å²) in [5.41, 5.74) is 5.91. The summed E-state index contributed by atoms with van der Waals surface area (Å²) in [5.74, 6) is 0. The number of nitro groups is 1. The van der Waals surface area contributed by atoms with Crippen LogP contribution in [0.3, 0.4) is 0 Å². The molecule has 0 saturated heterocycles. The molecule has 7 nitrogen and oxygen atoms in total. The molecule has 8 heteroatoms. The normalized spacial score (nSPS) is 10.4. The Labute approximate surface area is 112 Å². The number of rotatable bonds is 3. The van der Waals surface area contributed by atoms with Gasteiger partial charge in [0.05, 0.1) is 28.4 Å². The Morgan fingerprint density at radius 3 is 2.84 bits per heavy atom. The van der Waals surface area contributed by atoms with Crippen molar-refractivity contribution in [2.24, 2.45) is 0 Å². The van der Waals surface area contributed by atoms with Crippen LogP contribution in [0.4, 0.5) is 11.4 Å². The first-order valence-corrected chi connectivity index (χ1v) is 5.60. The lowest BCUT2D eigenvalue weighted by molar-refractivity contribution is -0.385. The van der Waals surface area contributed by atoms with Gasteiger partial charge in [-0.15, -0.1) is 0 Å². The van der Waals surface area contributed by atoms with Gasteiger partial charge in [-0.25, -0.2) is 4.79 Å². The fourth-order valence-corrected chi connectivity index (χ4v) is 1.66. The van der Waals surface area contributed by atoms with Crippen LogP contribution in [0.2, 0.25) is 5.02 Å². The SMILES string of the molecule is Nc1cc(Cn2cc([N+](=O)[O-])cnc2=O)ccc1Cl. The van der Waals surface area contributed by atoms with Gasteiger partial charge in [0.25, 0.3) is 0 Å². The van der Waals surface area contributed by atoms with Gasteiger partial charge in [0, 0.05) is 0 Å². The second-order valence-electron chi connectivity index (χ2n) is 3.84. The van der Waals surface area contributed by atoms with E-state index >= 15 is 0 Å². The lowest BCUT2D eigenvalue weighted by Gasteiger charge is -2.06. The summed E-state index contributed by atoms with van der Waals surface area (Å²) in [6, 6.07) is 4.89. The maximum absolute atomic E-state index is 11.5. The minimum absolute atomic E-state index is 0.134. The zero-order valence-electron chi connectivity index (χ0n) is 9.62. The molecule has 98 valence electrons. The molecular formula is C11H9ClN4O3. The molecule has 0 aliphatic carbocycles. The molecule has 0 unspecified atom stereocenters. The number of hydrogen-bond acceptors (Lipinski definition) is 5. The van der Waals surface area contributed by atoms with Crippen LogP contribution in [0.15, 0.2) is 35.4 Å². The van der Waals surface area contributed by atoms with Crippen LogP contribution in [0, 0.1) is 10.1 Å². The van der Waals surface area contributed by atoms with Crippen LogP contribution < -0.4 is 11.4 Å². The minimum Gasteiger partial charge on any atom is -0.398 e. The number of benzene rings is 1. The molecule has 0 saturated carbocycles. The first-order chi connectivity index (χ1) is 8.97. The summed E-state index contributed by atoms with van der Waals surface area (Å²) < 4.78 is 1.14. The summed E-state index contributed by atoms with van der Waals surface area (Å²) in [7, 11) is 0. The highest BCUT2D eigenvalue weighted by Gasteiger charge is 2.09. The molecule has 0 aliphatic rings. The Hall–Kier alpha value is -2.41. The van der Waals surface area contributed by atoms with E-state index in [1.54, 1.807) is 18.2 Å². The zero-order chi connectivity index (χ0) is 14.0. The van der Waals surface area contributed by atoms with Crippen molar-refractivity contribution in [3.8, 4) is 0 Å². The van der Waals surface area contributed by atoms with E-state index in [1.165, 1.54) is 0 Å². The van der Waals surface area contributed by atoms with E-state index in [0.29, 0.717) is 16.3 Å². The number of halogens is 1. The zero-order valence-corrected chi connectivity index (χ0v) is 10.4. The summed E-state index contributed by atoms with van der Waals surface area (Å²) >= 11 is 5.79. The van der Waals surface area contributed by atoms with Crippen molar-refractivity contribution in [1.82, 2.24) is 9.55 Å². The van der Waals surface area contributed by atoms with Gasteiger partial charge in [0.1, 0.15) is 6.20 Å². The van der Waals surface area contributed by atoms with Crippen LogP contribution in [0.5, 0.6) is 0 Å². The van der Waals surface area contributed by atoms with Gasteiger partial charge in [-0.1, -0.05) is 17.7 Å². The van der Waals surface area contributed by atoms with Crippen molar-refractivity contribution in [3.05, 3.63) is 61.8 Å². The third kappa shape index (κ3) is 2.89. The molecule has 1 aromatic carbocycles. The molecule has 0 spiro atoms. The van der Waals surface area contributed by atoms with Gasteiger partial charge in [0.2, 0.25) is 0 Å². The summed E-state index contributed by atoms with van der Waals surface area (Å²) in [6.07, 6.45) is 2.06. The van der Waals surface area contributed by atoms with E-state index in [9.17, 15) is 14.9 Å². The van der Waals surface area contributed by atoms with Crippen LogP contribution in [0.1, 0.15) is 5.56 Å². The van der Waals surface area contributed by atoms with E-state index in [4.69, 9.17) is 17.3 Å². The van der Waals surface area contributed by atoms with E-state index < -0.39 is 10.6 Å². The highest BCUT2D eigenvalue weighted by Crippen LogP contribution is 2.20. The van der Waals surface area contributed by atoms with Gasteiger partial charge in [-0.05, 0) is 17.7 Å². The van der Waals surface area contributed by atoms with E-state index in [1.807, 2.05) is 0 Å². The number of anilines is 1. The van der Waals surface area contributed by atoms with Gasteiger partial charge < -0.3 is 5.73 Å². The predicted molar refractivity (Wildman–Crippen MR) is 70.1 cm³/mol. The third-order valence-corrected chi connectivity index (χ3v) is 2.81. The number of nitrogen functional groups attached to an aromatic ring is 1. The maximum atomic E-state index is 11.5. The minimum atomic E-state index is -0.612. The molecule has 2 aromatic rings. The molecule has 19 heavy (non-hydrogen) atoms. The van der Waals surface area contributed by atoms with Crippen LogP contribution in [0.25, 0.3) is 0 Å². The summed E-state index contributed by atoms with van der Waals surface area (Å²) in [6.45, 7) is 0.134. The fourth-order valence-electron chi connectivity index (χ4n) is 1.54. The molecule has 0 atom stereocenters. The topological polar surface area (TPSA) is 104 Å². The van der Waals surface area contributed by atoms with Crippen molar-refractivity contribution >= 4 is 23.0 Å². The summed E-state index contributed by atoms with van der Waals surface area (Å²) in [4.78, 5) is 25.0.